The molecule has 0 aromatic heterocycles. The van der Waals surface area contributed by atoms with E-state index in [4.69, 9.17) is 4.74 Å². The first-order valence-corrected chi connectivity index (χ1v) is 8.45. The summed E-state index contributed by atoms with van der Waals surface area (Å²) in [6.45, 7) is 2.32. The van der Waals surface area contributed by atoms with Gasteiger partial charge in [-0.3, -0.25) is 4.90 Å². The maximum atomic E-state index is 13.1. The number of nitrogens with zero attached hydrogens (tertiary/aromatic N) is 1. The van der Waals surface area contributed by atoms with Crippen LogP contribution >= 0.6 is 0 Å². The molecule has 3 aliphatic rings. The van der Waals surface area contributed by atoms with Crippen LogP contribution in [0.2, 0.25) is 0 Å². The number of hydrogen-bond acceptors (Lipinski definition) is 6. The number of likely N-dealkylation sites (tertiary alicyclic amines) is 1. The second-order valence-corrected chi connectivity index (χ2v) is 7.06. The molecule has 2 fully saturated rings. The molecule has 0 saturated carbocycles. The lowest BCUT2D eigenvalue weighted by atomic mass is 9.82. The summed E-state index contributed by atoms with van der Waals surface area (Å²) in [5.74, 6) is 0.109. The zero-order valence-electron chi connectivity index (χ0n) is 13.7. The summed E-state index contributed by atoms with van der Waals surface area (Å²) in [5.41, 5.74) is 0.502. The molecule has 0 radical (unpaired) electrons. The van der Waals surface area contributed by atoms with Crippen molar-refractivity contribution in [2.45, 2.75) is 49.9 Å². The Kier molecular flexibility index (Phi) is 4.10. The highest BCUT2D eigenvalue weighted by atomic mass is 19.3. The number of benzene rings is 1. The van der Waals surface area contributed by atoms with Gasteiger partial charge in [-0.15, -0.1) is 8.78 Å². The number of rotatable bonds is 2. The Morgan fingerprint density at radius 3 is 2.52 bits per heavy atom. The molecule has 25 heavy (non-hydrogen) atoms. The minimum absolute atomic E-state index is 0.0505. The monoisotopic (exact) mass is 357 g/mol. The van der Waals surface area contributed by atoms with E-state index in [1.165, 1.54) is 6.07 Å². The summed E-state index contributed by atoms with van der Waals surface area (Å²) in [6, 6.07) is 4.84. The van der Waals surface area contributed by atoms with E-state index in [2.05, 4.69) is 14.4 Å². The molecule has 4 rings (SSSR count). The molecule has 0 bridgehead atoms. The molecule has 138 valence electrons. The molecule has 0 unspecified atom stereocenters. The number of alkyl halides is 2. The SMILES string of the molecule is O[C@@H]1CC2(CCN(Cc3ccc4c(c3)OC(F)(F)O4)CC2)OC[C@@H]1O. The third kappa shape index (κ3) is 3.44. The van der Waals surface area contributed by atoms with Crippen molar-refractivity contribution < 1.29 is 33.2 Å². The Bertz CT molecular complexity index is 648. The van der Waals surface area contributed by atoms with Crippen LogP contribution in [0.3, 0.4) is 0 Å². The summed E-state index contributed by atoms with van der Waals surface area (Å²) in [4.78, 5) is 2.21. The van der Waals surface area contributed by atoms with Gasteiger partial charge in [-0.05, 0) is 30.5 Å². The lowest BCUT2D eigenvalue weighted by Crippen LogP contribution is -2.54. The zero-order chi connectivity index (χ0) is 17.7. The molecule has 1 aromatic carbocycles. The van der Waals surface area contributed by atoms with Crippen LogP contribution in [0.25, 0.3) is 0 Å². The molecule has 6 nitrogen and oxygen atoms in total. The van der Waals surface area contributed by atoms with Crippen molar-refractivity contribution in [3.63, 3.8) is 0 Å². The normalized spacial score (nSPS) is 30.6. The molecule has 8 heteroatoms. The van der Waals surface area contributed by atoms with Crippen LogP contribution in [0.15, 0.2) is 18.2 Å². The lowest BCUT2D eigenvalue weighted by Gasteiger charge is -2.46. The fourth-order valence-corrected chi connectivity index (χ4v) is 3.77. The van der Waals surface area contributed by atoms with Gasteiger partial charge in [0.1, 0.15) is 6.10 Å². The molecule has 0 amide bonds. The van der Waals surface area contributed by atoms with Crippen LogP contribution in [-0.4, -0.2) is 58.9 Å². The summed E-state index contributed by atoms with van der Waals surface area (Å²) >= 11 is 0. The van der Waals surface area contributed by atoms with Crippen molar-refractivity contribution in [3.05, 3.63) is 23.8 Å². The molecule has 1 spiro atoms. The second kappa shape index (κ2) is 6.05. The van der Waals surface area contributed by atoms with E-state index in [-0.39, 0.29) is 23.7 Å². The molecular weight excluding hydrogens is 336 g/mol. The van der Waals surface area contributed by atoms with Gasteiger partial charge in [-0.25, -0.2) is 0 Å². The van der Waals surface area contributed by atoms with E-state index in [0.717, 1.165) is 31.5 Å². The van der Waals surface area contributed by atoms with E-state index < -0.39 is 18.5 Å². The Balaban J connectivity index is 1.35. The summed E-state index contributed by atoms with van der Waals surface area (Å²) in [6.07, 6.45) is -3.17. The highest BCUT2D eigenvalue weighted by Gasteiger charge is 2.44. The summed E-state index contributed by atoms with van der Waals surface area (Å²) < 4.78 is 40.9. The minimum Gasteiger partial charge on any atom is -0.395 e. The largest absolute Gasteiger partial charge is 0.586 e. The Morgan fingerprint density at radius 1 is 1.08 bits per heavy atom. The van der Waals surface area contributed by atoms with Crippen LogP contribution in [-0.2, 0) is 11.3 Å². The first-order chi connectivity index (χ1) is 11.8. The van der Waals surface area contributed by atoms with Crippen LogP contribution in [0.1, 0.15) is 24.8 Å². The number of piperidine rings is 1. The molecule has 2 atom stereocenters. The number of halogens is 2. The molecule has 1 aromatic rings. The first kappa shape index (κ1) is 17.0. The molecular formula is C17H21F2NO5. The van der Waals surface area contributed by atoms with Crippen LogP contribution in [0.4, 0.5) is 8.78 Å². The van der Waals surface area contributed by atoms with Crippen molar-refractivity contribution in [3.8, 4) is 11.5 Å². The smallest absolute Gasteiger partial charge is 0.395 e. The maximum absolute atomic E-state index is 13.1. The fourth-order valence-electron chi connectivity index (χ4n) is 3.77. The van der Waals surface area contributed by atoms with Gasteiger partial charge in [0.25, 0.3) is 0 Å². The van der Waals surface area contributed by atoms with Crippen molar-refractivity contribution in [2.24, 2.45) is 0 Å². The first-order valence-electron chi connectivity index (χ1n) is 8.45. The van der Waals surface area contributed by atoms with Gasteiger partial charge in [0.05, 0.1) is 18.3 Å². The molecule has 3 heterocycles. The average molecular weight is 357 g/mol. The third-order valence-electron chi connectivity index (χ3n) is 5.22. The van der Waals surface area contributed by atoms with Gasteiger partial charge in [-0.2, -0.15) is 0 Å². The van der Waals surface area contributed by atoms with Crippen LogP contribution in [0.5, 0.6) is 11.5 Å². The maximum Gasteiger partial charge on any atom is 0.586 e. The number of fused-ring (bicyclic) bond motifs is 1. The van der Waals surface area contributed by atoms with Gasteiger partial charge in [0.2, 0.25) is 0 Å². The number of aliphatic hydroxyl groups is 2. The van der Waals surface area contributed by atoms with Crippen LogP contribution < -0.4 is 9.47 Å². The highest BCUT2D eigenvalue weighted by Crippen LogP contribution is 2.41. The van der Waals surface area contributed by atoms with Gasteiger partial charge >= 0.3 is 6.29 Å². The molecule has 3 aliphatic heterocycles. The zero-order valence-corrected chi connectivity index (χ0v) is 13.7. The Morgan fingerprint density at radius 2 is 1.80 bits per heavy atom. The molecule has 2 saturated heterocycles. The van der Waals surface area contributed by atoms with Gasteiger partial charge in [0.15, 0.2) is 11.5 Å². The standard InChI is InChI=1S/C17H21F2NO5/c18-17(19)24-14-2-1-11(7-15(14)25-17)9-20-5-3-16(4-6-20)8-12(21)13(22)10-23-16/h1-2,7,12-13,21-22H,3-6,8-10H2/t12-,13+/m1/s1. The molecule has 0 aliphatic carbocycles. The molecule has 2 N–H and O–H groups in total. The number of aliphatic hydroxyl groups excluding tert-OH is 2. The predicted octanol–water partition coefficient (Wildman–Crippen LogP) is 1.48. The minimum atomic E-state index is -3.60. The topological polar surface area (TPSA) is 71.4 Å². The van der Waals surface area contributed by atoms with Crippen molar-refractivity contribution >= 4 is 0 Å². The number of hydrogen-bond donors (Lipinski definition) is 2. The van der Waals surface area contributed by atoms with Gasteiger partial charge in [0, 0.05) is 26.1 Å². The predicted molar refractivity (Wildman–Crippen MR) is 82.5 cm³/mol. The summed E-state index contributed by atoms with van der Waals surface area (Å²) in [5, 5.41) is 19.5. The average Bonchev–Trinajstić information content (AvgIpc) is 2.87. The Labute approximate surface area is 143 Å². The lowest BCUT2D eigenvalue weighted by molar-refractivity contribution is -0.286. The van der Waals surface area contributed by atoms with Crippen molar-refractivity contribution in [1.29, 1.82) is 0 Å². The van der Waals surface area contributed by atoms with E-state index in [9.17, 15) is 19.0 Å². The van der Waals surface area contributed by atoms with E-state index in [0.29, 0.717) is 13.0 Å². The third-order valence-corrected chi connectivity index (χ3v) is 5.22. The Hall–Kier alpha value is -1.48. The van der Waals surface area contributed by atoms with Gasteiger partial charge < -0.3 is 24.4 Å². The van der Waals surface area contributed by atoms with Crippen molar-refractivity contribution in [1.82, 2.24) is 4.90 Å². The van der Waals surface area contributed by atoms with Gasteiger partial charge in [-0.1, -0.05) is 6.07 Å². The van der Waals surface area contributed by atoms with E-state index in [1.807, 2.05) is 0 Å². The highest BCUT2D eigenvalue weighted by molar-refractivity contribution is 5.45. The van der Waals surface area contributed by atoms with Crippen molar-refractivity contribution in [2.75, 3.05) is 19.7 Å². The fraction of sp³-hybridized carbons (Fsp3) is 0.647. The van der Waals surface area contributed by atoms with E-state index >= 15 is 0 Å². The quantitative estimate of drug-likeness (QED) is 0.836. The van der Waals surface area contributed by atoms with Crippen LogP contribution in [0, 0.1) is 0 Å². The van der Waals surface area contributed by atoms with E-state index in [1.54, 1.807) is 12.1 Å². The summed E-state index contributed by atoms with van der Waals surface area (Å²) in [7, 11) is 0. The second-order valence-electron chi connectivity index (χ2n) is 7.06. The number of ether oxygens (including phenoxy) is 3.